The molecule has 0 fully saturated rings. The van der Waals surface area contributed by atoms with Gasteiger partial charge >= 0.3 is 0 Å². The van der Waals surface area contributed by atoms with E-state index >= 15 is 0 Å². The maximum Gasteiger partial charge on any atom is 0.175 e. The van der Waals surface area contributed by atoms with E-state index in [1.807, 2.05) is 0 Å². The lowest BCUT2D eigenvalue weighted by Gasteiger charge is -2.07. The predicted molar refractivity (Wildman–Crippen MR) is 61.3 cm³/mol. The first-order chi connectivity index (χ1) is 7.39. The first kappa shape index (κ1) is 13.0. The van der Waals surface area contributed by atoms with Gasteiger partial charge in [-0.05, 0) is 31.2 Å². The van der Waals surface area contributed by atoms with Gasteiger partial charge in [0.1, 0.15) is 5.75 Å². The zero-order valence-corrected chi connectivity index (χ0v) is 10.2. The van der Waals surface area contributed by atoms with E-state index in [9.17, 15) is 8.42 Å². The molecular weight excluding hydrogens is 228 g/mol. The van der Waals surface area contributed by atoms with Crippen molar-refractivity contribution in [3.63, 3.8) is 0 Å². The molecule has 0 amide bonds. The monoisotopic (exact) mass is 244 g/mol. The Morgan fingerprint density at radius 1 is 1.31 bits per heavy atom. The Morgan fingerprint density at radius 2 is 1.88 bits per heavy atom. The third-order valence-corrected chi connectivity index (χ3v) is 3.18. The van der Waals surface area contributed by atoms with Crippen LogP contribution in [-0.4, -0.2) is 32.5 Å². The van der Waals surface area contributed by atoms with Crippen LogP contribution < -0.4 is 4.74 Å². The topological polar surface area (TPSA) is 63.6 Å². The highest BCUT2D eigenvalue weighted by Crippen LogP contribution is 2.15. The second-order valence-corrected chi connectivity index (χ2v) is 5.75. The van der Waals surface area contributed by atoms with E-state index in [0.717, 1.165) is 6.26 Å². The quantitative estimate of drug-likeness (QED) is 0.846. The molecule has 0 saturated carbocycles. The molecule has 0 bridgehead atoms. The van der Waals surface area contributed by atoms with E-state index in [1.165, 1.54) is 12.1 Å². The number of benzene rings is 1. The molecule has 16 heavy (non-hydrogen) atoms. The Morgan fingerprint density at radius 3 is 2.31 bits per heavy atom. The van der Waals surface area contributed by atoms with E-state index in [-0.39, 0.29) is 4.90 Å². The van der Waals surface area contributed by atoms with Gasteiger partial charge in [-0.25, -0.2) is 8.42 Å². The van der Waals surface area contributed by atoms with Gasteiger partial charge in [-0.3, -0.25) is 0 Å². The lowest BCUT2D eigenvalue weighted by Crippen LogP contribution is -2.07. The van der Waals surface area contributed by atoms with Crippen molar-refractivity contribution in [2.45, 2.75) is 24.3 Å². The Balaban J connectivity index is 2.59. The highest BCUT2D eigenvalue weighted by atomic mass is 32.2. The van der Waals surface area contributed by atoms with Crippen molar-refractivity contribution in [1.29, 1.82) is 0 Å². The summed E-state index contributed by atoms with van der Waals surface area (Å²) in [6.07, 6.45) is 1.32. The lowest BCUT2D eigenvalue weighted by atomic mass is 10.3. The fourth-order valence-electron chi connectivity index (χ4n) is 1.13. The molecule has 0 aliphatic rings. The van der Waals surface area contributed by atoms with Crippen LogP contribution in [0.1, 0.15) is 13.3 Å². The highest BCUT2D eigenvalue weighted by Gasteiger charge is 2.06. The van der Waals surface area contributed by atoms with Gasteiger partial charge in [-0.2, -0.15) is 0 Å². The smallest absolute Gasteiger partial charge is 0.175 e. The molecule has 90 valence electrons. The van der Waals surface area contributed by atoms with Gasteiger partial charge in [0.25, 0.3) is 0 Å². The number of rotatable bonds is 5. The van der Waals surface area contributed by atoms with E-state index < -0.39 is 15.9 Å². The van der Waals surface area contributed by atoms with Crippen LogP contribution in [0, 0.1) is 0 Å². The SMILES string of the molecule is CC(O)CCOc1ccc(S(C)(=O)=O)cc1. The molecule has 5 heteroatoms. The molecule has 0 spiro atoms. The number of aliphatic hydroxyl groups is 1. The van der Waals surface area contributed by atoms with Crippen LogP contribution in [0.4, 0.5) is 0 Å². The Bertz CT molecular complexity index is 420. The molecule has 0 aliphatic carbocycles. The molecule has 0 radical (unpaired) electrons. The first-order valence-electron chi connectivity index (χ1n) is 5.00. The molecule has 4 nitrogen and oxygen atoms in total. The summed E-state index contributed by atoms with van der Waals surface area (Å²) in [5.41, 5.74) is 0. The minimum absolute atomic E-state index is 0.273. The summed E-state index contributed by atoms with van der Waals surface area (Å²) in [7, 11) is -3.15. The van der Waals surface area contributed by atoms with E-state index in [4.69, 9.17) is 9.84 Å². The largest absolute Gasteiger partial charge is 0.493 e. The summed E-state index contributed by atoms with van der Waals surface area (Å²) in [6, 6.07) is 6.23. The normalized spacial score (nSPS) is 13.4. The van der Waals surface area contributed by atoms with E-state index in [2.05, 4.69) is 0 Å². The van der Waals surface area contributed by atoms with Gasteiger partial charge in [0.2, 0.25) is 0 Å². The number of hydrogen-bond donors (Lipinski definition) is 1. The summed E-state index contributed by atoms with van der Waals surface area (Å²) in [6.45, 7) is 2.10. The van der Waals surface area contributed by atoms with Gasteiger partial charge in [0, 0.05) is 12.7 Å². The molecule has 1 aromatic carbocycles. The van der Waals surface area contributed by atoms with Gasteiger partial charge in [0.05, 0.1) is 17.6 Å². The predicted octanol–water partition coefficient (Wildman–Crippen LogP) is 1.24. The molecule has 1 aromatic rings. The summed E-state index contributed by atoms with van der Waals surface area (Å²) in [5, 5.41) is 9.02. The van der Waals surface area contributed by atoms with Crippen molar-refractivity contribution < 1.29 is 18.3 Å². The van der Waals surface area contributed by atoms with Crippen LogP contribution >= 0.6 is 0 Å². The van der Waals surface area contributed by atoms with Crippen LogP contribution in [-0.2, 0) is 9.84 Å². The first-order valence-corrected chi connectivity index (χ1v) is 6.90. The zero-order valence-electron chi connectivity index (χ0n) is 9.38. The summed E-state index contributed by atoms with van der Waals surface area (Å²) < 4.78 is 27.7. The van der Waals surface area contributed by atoms with Crippen LogP contribution in [0.15, 0.2) is 29.2 Å². The summed E-state index contributed by atoms with van der Waals surface area (Å²) in [4.78, 5) is 0.273. The number of hydrogen-bond acceptors (Lipinski definition) is 4. The molecule has 0 aromatic heterocycles. The molecule has 1 unspecified atom stereocenters. The number of sulfone groups is 1. The van der Waals surface area contributed by atoms with Crippen molar-refractivity contribution in [2.24, 2.45) is 0 Å². The molecule has 0 saturated heterocycles. The standard InChI is InChI=1S/C11H16O4S/c1-9(12)7-8-15-10-3-5-11(6-4-10)16(2,13)14/h3-6,9,12H,7-8H2,1-2H3. The van der Waals surface area contributed by atoms with Gasteiger partial charge < -0.3 is 9.84 Å². The van der Waals surface area contributed by atoms with Crippen LogP contribution in [0.5, 0.6) is 5.75 Å². The number of aliphatic hydroxyl groups excluding tert-OH is 1. The fraction of sp³-hybridized carbons (Fsp3) is 0.455. The third kappa shape index (κ3) is 4.20. The fourth-order valence-corrected chi connectivity index (χ4v) is 1.76. The van der Waals surface area contributed by atoms with E-state index in [0.29, 0.717) is 18.8 Å². The average Bonchev–Trinajstić information content (AvgIpc) is 2.16. The second kappa shape index (κ2) is 5.32. The Labute approximate surface area is 95.8 Å². The van der Waals surface area contributed by atoms with E-state index in [1.54, 1.807) is 19.1 Å². The van der Waals surface area contributed by atoms with Crippen LogP contribution in [0.2, 0.25) is 0 Å². The maximum atomic E-state index is 11.2. The third-order valence-electron chi connectivity index (χ3n) is 2.06. The summed E-state index contributed by atoms with van der Waals surface area (Å²) in [5.74, 6) is 0.605. The van der Waals surface area contributed by atoms with Crippen molar-refractivity contribution in [3.8, 4) is 5.75 Å². The zero-order chi connectivity index (χ0) is 12.2. The summed E-state index contributed by atoms with van der Waals surface area (Å²) >= 11 is 0. The van der Waals surface area contributed by atoms with Gasteiger partial charge in [0.15, 0.2) is 9.84 Å². The Kier molecular flexibility index (Phi) is 4.32. The minimum Gasteiger partial charge on any atom is -0.493 e. The second-order valence-electron chi connectivity index (χ2n) is 3.73. The molecule has 0 heterocycles. The highest BCUT2D eigenvalue weighted by molar-refractivity contribution is 7.90. The van der Waals surface area contributed by atoms with Gasteiger partial charge in [-0.1, -0.05) is 0 Å². The van der Waals surface area contributed by atoms with Crippen LogP contribution in [0.3, 0.4) is 0 Å². The van der Waals surface area contributed by atoms with Crippen molar-refractivity contribution in [2.75, 3.05) is 12.9 Å². The maximum absolute atomic E-state index is 11.2. The molecular formula is C11H16O4S. The molecule has 1 atom stereocenters. The van der Waals surface area contributed by atoms with Gasteiger partial charge in [-0.15, -0.1) is 0 Å². The average molecular weight is 244 g/mol. The van der Waals surface area contributed by atoms with Crippen molar-refractivity contribution in [1.82, 2.24) is 0 Å². The van der Waals surface area contributed by atoms with Crippen LogP contribution in [0.25, 0.3) is 0 Å². The van der Waals surface area contributed by atoms with Crippen molar-refractivity contribution in [3.05, 3.63) is 24.3 Å². The minimum atomic E-state index is -3.15. The Hall–Kier alpha value is -1.07. The van der Waals surface area contributed by atoms with Crippen molar-refractivity contribution >= 4 is 9.84 Å². The lowest BCUT2D eigenvalue weighted by molar-refractivity contribution is 0.155. The molecule has 1 rings (SSSR count). The molecule has 1 N–H and O–H groups in total. The number of ether oxygens (including phenoxy) is 1. The molecule has 0 aliphatic heterocycles.